The monoisotopic (exact) mass is 451 g/mol. The molecule has 0 bridgehead atoms. The number of carbonyl (C=O) groups excluding carboxylic acids is 1. The lowest BCUT2D eigenvalue weighted by molar-refractivity contribution is -0.135. The number of amides is 1. The summed E-state index contributed by atoms with van der Waals surface area (Å²) in [6.07, 6.45) is 0.914. The van der Waals surface area contributed by atoms with E-state index in [1.165, 1.54) is 0 Å². The Kier molecular flexibility index (Phi) is 7.14. The van der Waals surface area contributed by atoms with E-state index in [0.29, 0.717) is 50.8 Å². The second-order valence-electron chi connectivity index (χ2n) is 7.75. The second-order valence-corrected chi connectivity index (χ2v) is 7.75. The number of hydrogen-bond donors (Lipinski definition) is 0. The Morgan fingerprint density at radius 3 is 2.12 bits per heavy atom. The van der Waals surface area contributed by atoms with Crippen LogP contribution in [0.3, 0.4) is 0 Å². The van der Waals surface area contributed by atoms with Gasteiger partial charge < -0.3 is 23.8 Å². The molecule has 174 valence electrons. The van der Waals surface area contributed by atoms with E-state index in [4.69, 9.17) is 24.0 Å². The molecule has 0 saturated carbocycles. The summed E-state index contributed by atoms with van der Waals surface area (Å²) in [4.78, 5) is 14.6. The van der Waals surface area contributed by atoms with Gasteiger partial charge in [0.25, 0.3) is 0 Å². The largest absolute Gasteiger partial charge is 0.497 e. The van der Waals surface area contributed by atoms with Gasteiger partial charge in [-0.05, 0) is 61.9 Å². The summed E-state index contributed by atoms with van der Waals surface area (Å²) in [5, 5.41) is 4.74. The summed E-state index contributed by atoms with van der Waals surface area (Å²) < 4.78 is 24.0. The highest BCUT2D eigenvalue weighted by Crippen LogP contribution is 2.33. The Morgan fingerprint density at radius 1 is 0.939 bits per heavy atom. The Labute approximate surface area is 193 Å². The summed E-state index contributed by atoms with van der Waals surface area (Å²) >= 11 is 0. The number of methoxy groups -OCH3 is 2. The summed E-state index contributed by atoms with van der Waals surface area (Å²) in [5.74, 6) is 2.88. The molecule has 1 aromatic heterocycles. The lowest BCUT2D eigenvalue weighted by Gasteiger charge is -2.26. The first-order valence-corrected chi connectivity index (χ1v) is 11.0. The van der Waals surface area contributed by atoms with Crippen LogP contribution < -0.4 is 14.2 Å². The van der Waals surface area contributed by atoms with Gasteiger partial charge in [0.1, 0.15) is 17.2 Å². The number of nitrogens with zero attached hydrogens (tertiary/aromatic N) is 3. The van der Waals surface area contributed by atoms with Crippen molar-refractivity contribution >= 4 is 5.91 Å². The fourth-order valence-electron chi connectivity index (χ4n) is 3.79. The summed E-state index contributed by atoms with van der Waals surface area (Å²) in [7, 11) is 3.26. The molecule has 0 radical (unpaired) electrons. The molecule has 0 atom stereocenters. The molecule has 0 unspecified atom stereocenters. The predicted octanol–water partition coefficient (Wildman–Crippen LogP) is 3.78. The van der Waals surface area contributed by atoms with Crippen molar-refractivity contribution in [3.63, 3.8) is 0 Å². The number of aryl methyl sites for hydroxylation is 1. The van der Waals surface area contributed by atoms with Crippen LogP contribution in [-0.4, -0.2) is 61.1 Å². The van der Waals surface area contributed by atoms with Crippen LogP contribution in [0.4, 0.5) is 0 Å². The normalized spacial score (nSPS) is 13.6. The van der Waals surface area contributed by atoms with Crippen molar-refractivity contribution < 1.29 is 23.7 Å². The van der Waals surface area contributed by atoms with Gasteiger partial charge in [0.15, 0.2) is 0 Å². The van der Waals surface area contributed by atoms with Crippen LogP contribution >= 0.6 is 0 Å². The minimum Gasteiger partial charge on any atom is -0.497 e. The molecule has 8 nitrogen and oxygen atoms in total. The molecule has 1 amide bonds. The third kappa shape index (κ3) is 5.28. The Balaban J connectivity index is 1.63. The molecule has 1 aliphatic heterocycles. The zero-order chi connectivity index (χ0) is 23.2. The summed E-state index contributed by atoms with van der Waals surface area (Å²) in [5.41, 5.74) is 2.57. The average molecular weight is 452 g/mol. The molecule has 8 heteroatoms. The van der Waals surface area contributed by atoms with E-state index in [1.807, 2.05) is 60.4 Å². The Hall–Kier alpha value is -3.52. The minimum atomic E-state index is 0.116. The molecule has 0 spiro atoms. The number of ether oxygens (including phenoxy) is 4. The van der Waals surface area contributed by atoms with Gasteiger partial charge >= 0.3 is 0 Å². The molecular formula is C25H29N3O5. The highest BCUT2D eigenvalue weighted by molar-refractivity contribution is 5.76. The van der Waals surface area contributed by atoms with Crippen LogP contribution in [0.25, 0.3) is 5.69 Å². The van der Waals surface area contributed by atoms with Gasteiger partial charge in [-0.2, -0.15) is 5.10 Å². The molecule has 1 aliphatic rings. The van der Waals surface area contributed by atoms with Gasteiger partial charge in [-0.15, -0.1) is 0 Å². The quantitative estimate of drug-likeness (QED) is 0.519. The van der Waals surface area contributed by atoms with Crippen molar-refractivity contribution in [2.45, 2.75) is 19.8 Å². The SMILES string of the molecule is COc1ccc(Oc2c(CCC(=O)N3CCOCC3)c(C)nn2-c2ccc(OC)cc2)cc1. The molecule has 2 heterocycles. The second kappa shape index (κ2) is 10.4. The maximum atomic E-state index is 12.7. The molecule has 0 N–H and O–H groups in total. The molecule has 3 aromatic rings. The van der Waals surface area contributed by atoms with Crippen LogP contribution in [0.5, 0.6) is 23.1 Å². The number of rotatable bonds is 8. The molecular weight excluding hydrogens is 422 g/mol. The van der Waals surface area contributed by atoms with Crippen molar-refractivity contribution in [1.29, 1.82) is 0 Å². The molecule has 1 saturated heterocycles. The molecule has 0 aliphatic carbocycles. The van der Waals surface area contributed by atoms with E-state index in [9.17, 15) is 4.79 Å². The van der Waals surface area contributed by atoms with Crippen LogP contribution in [0, 0.1) is 6.92 Å². The van der Waals surface area contributed by atoms with Crippen molar-refractivity contribution in [1.82, 2.24) is 14.7 Å². The number of hydrogen-bond acceptors (Lipinski definition) is 6. The average Bonchev–Trinajstić information content (AvgIpc) is 3.18. The lowest BCUT2D eigenvalue weighted by atomic mass is 10.1. The fourth-order valence-corrected chi connectivity index (χ4v) is 3.79. The van der Waals surface area contributed by atoms with Gasteiger partial charge in [-0.25, -0.2) is 4.68 Å². The first kappa shape index (κ1) is 22.7. The third-order valence-corrected chi connectivity index (χ3v) is 5.68. The molecule has 33 heavy (non-hydrogen) atoms. The van der Waals surface area contributed by atoms with Crippen molar-refractivity contribution in [3.8, 4) is 28.8 Å². The molecule has 4 rings (SSSR count). The van der Waals surface area contributed by atoms with E-state index < -0.39 is 0 Å². The number of carbonyl (C=O) groups is 1. The zero-order valence-corrected chi connectivity index (χ0v) is 19.2. The Bertz CT molecular complexity index is 1070. The van der Waals surface area contributed by atoms with Crippen molar-refractivity contribution in [3.05, 3.63) is 59.8 Å². The van der Waals surface area contributed by atoms with Gasteiger partial charge in [0.05, 0.1) is 38.8 Å². The highest BCUT2D eigenvalue weighted by atomic mass is 16.5. The minimum absolute atomic E-state index is 0.116. The van der Waals surface area contributed by atoms with E-state index in [-0.39, 0.29) is 5.91 Å². The number of aromatic nitrogens is 2. The smallest absolute Gasteiger partial charge is 0.226 e. The van der Waals surface area contributed by atoms with Gasteiger partial charge in [0, 0.05) is 25.1 Å². The zero-order valence-electron chi connectivity index (χ0n) is 19.2. The van der Waals surface area contributed by atoms with Crippen LogP contribution in [0.1, 0.15) is 17.7 Å². The number of benzene rings is 2. The topological polar surface area (TPSA) is 75.0 Å². The lowest BCUT2D eigenvalue weighted by Crippen LogP contribution is -2.40. The van der Waals surface area contributed by atoms with E-state index in [2.05, 4.69) is 0 Å². The third-order valence-electron chi connectivity index (χ3n) is 5.68. The molecule has 1 fully saturated rings. The van der Waals surface area contributed by atoms with Crippen molar-refractivity contribution in [2.24, 2.45) is 0 Å². The number of morpholine rings is 1. The summed E-state index contributed by atoms with van der Waals surface area (Å²) in [6, 6.07) is 15.0. The van der Waals surface area contributed by atoms with Crippen LogP contribution in [0.2, 0.25) is 0 Å². The van der Waals surface area contributed by atoms with E-state index in [1.54, 1.807) is 18.9 Å². The maximum Gasteiger partial charge on any atom is 0.226 e. The van der Waals surface area contributed by atoms with E-state index in [0.717, 1.165) is 28.4 Å². The van der Waals surface area contributed by atoms with Crippen LogP contribution in [0.15, 0.2) is 48.5 Å². The highest BCUT2D eigenvalue weighted by Gasteiger charge is 2.22. The predicted molar refractivity (Wildman–Crippen MR) is 124 cm³/mol. The molecule has 2 aromatic carbocycles. The fraction of sp³-hybridized carbons (Fsp3) is 0.360. The standard InChI is InChI=1S/C25H29N3O5/c1-18-23(12-13-24(29)27-14-16-32-17-15-27)25(33-22-10-8-21(31-3)9-11-22)28(26-18)19-4-6-20(30-2)7-5-19/h4-11H,12-17H2,1-3H3. The van der Waals surface area contributed by atoms with Gasteiger partial charge in [-0.3, -0.25) is 4.79 Å². The maximum absolute atomic E-state index is 12.7. The first-order chi connectivity index (χ1) is 16.1. The first-order valence-electron chi connectivity index (χ1n) is 11.0. The van der Waals surface area contributed by atoms with Crippen LogP contribution in [-0.2, 0) is 16.0 Å². The van der Waals surface area contributed by atoms with Crippen molar-refractivity contribution in [2.75, 3.05) is 40.5 Å². The Morgan fingerprint density at radius 2 is 1.52 bits per heavy atom. The summed E-state index contributed by atoms with van der Waals surface area (Å²) in [6.45, 7) is 4.39. The van der Waals surface area contributed by atoms with Gasteiger partial charge in [0.2, 0.25) is 11.8 Å². The van der Waals surface area contributed by atoms with Gasteiger partial charge in [-0.1, -0.05) is 0 Å². The van der Waals surface area contributed by atoms with E-state index >= 15 is 0 Å².